The van der Waals surface area contributed by atoms with Gasteiger partial charge < -0.3 is 10.2 Å². The summed E-state index contributed by atoms with van der Waals surface area (Å²) in [4.78, 5) is 24.2. The van der Waals surface area contributed by atoms with Crippen LogP contribution in [0, 0.1) is 16.0 Å². The third kappa shape index (κ3) is 2.48. The highest BCUT2D eigenvalue weighted by atomic mass is 16.6. The maximum absolute atomic E-state index is 11.8. The molecule has 2 aliphatic carbocycles. The van der Waals surface area contributed by atoms with Crippen LogP contribution in [-0.2, 0) is 4.79 Å². The number of hydrogen-bond acceptors (Lipinski definition) is 4. The highest BCUT2D eigenvalue weighted by Crippen LogP contribution is 2.35. The zero-order valence-electron chi connectivity index (χ0n) is 11.0. The lowest BCUT2D eigenvalue weighted by Crippen LogP contribution is -2.51. The van der Waals surface area contributed by atoms with Crippen molar-refractivity contribution in [3.63, 3.8) is 0 Å². The summed E-state index contributed by atoms with van der Waals surface area (Å²) in [6.45, 7) is 0.611. The summed E-state index contributed by atoms with van der Waals surface area (Å²) < 4.78 is 0. The zero-order valence-corrected chi connectivity index (χ0v) is 11.0. The Balaban J connectivity index is 1.84. The van der Waals surface area contributed by atoms with Gasteiger partial charge in [0.25, 0.3) is 0 Å². The molecule has 18 heavy (non-hydrogen) atoms. The molecule has 0 heterocycles. The van der Waals surface area contributed by atoms with Gasteiger partial charge in [-0.1, -0.05) is 12.8 Å². The summed E-state index contributed by atoms with van der Waals surface area (Å²) in [7, 11) is 4.07. The molecule has 2 fully saturated rings. The largest absolute Gasteiger partial charge is 0.354 e. The summed E-state index contributed by atoms with van der Waals surface area (Å²) in [6, 6.07) is -0.649. The number of amides is 1. The number of nitro groups is 1. The first-order valence-electron chi connectivity index (χ1n) is 6.55. The van der Waals surface area contributed by atoms with Gasteiger partial charge >= 0.3 is 0 Å². The van der Waals surface area contributed by atoms with E-state index in [0.29, 0.717) is 13.0 Å². The number of carbonyl (C=O) groups excluding carboxylic acids is 1. The van der Waals surface area contributed by atoms with Crippen LogP contribution in [0.1, 0.15) is 32.1 Å². The zero-order chi connectivity index (χ0) is 13.3. The van der Waals surface area contributed by atoms with Crippen molar-refractivity contribution < 1.29 is 9.72 Å². The molecule has 0 aromatic carbocycles. The number of nitrogens with zero attached hydrogens (tertiary/aromatic N) is 2. The van der Waals surface area contributed by atoms with Gasteiger partial charge in [-0.25, -0.2) is 0 Å². The molecule has 0 bridgehead atoms. The molecule has 102 valence electrons. The van der Waals surface area contributed by atoms with Gasteiger partial charge in [0.05, 0.1) is 0 Å². The Kier molecular flexibility index (Phi) is 3.56. The quantitative estimate of drug-likeness (QED) is 0.578. The van der Waals surface area contributed by atoms with Gasteiger partial charge in [0.2, 0.25) is 11.9 Å². The maximum Gasteiger partial charge on any atom is 0.230 e. The van der Waals surface area contributed by atoms with E-state index >= 15 is 0 Å². The minimum absolute atomic E-state index is 0.0503. The molecule has 2 aliphatic rings. The summed E-state index contributed by atoms with van der Waals surface area (Å²) >= 11 is 0. The fourth-order valence-corrected chi connectivity index (χ4v) is 2.89. The average molecular weight is 255 g/mol. The molecule has 0 aromatic rings. The van der Waals surface area contributed by atoms with Crippen molar-refractivity contribution in [3.05, 3.63) is 10.1 Å². The molecule has 6 nitrogen and oxygen atoms in total. The van der Waals surface area contributed by atoms with E-state index in [1.165, 1.54) is 12.8 Å². The van der Waals surface area contributed by atoms with E-state index in [9.17, 15) is 14.9 Å². The van der Waals surface area contributed by atoms with Crippen molar-refractivity contribution in [2.24, 2.45) is 5.92 Å². The predicted octanol–water partition coefficient (Wildman–Crippen LogP) is 0.642. The number of hydrogen-bond donors (Lipinski definition) is 1. The highest BCUT2D eigenvalue weighted by molar-refractivity contribution is 5.82. The molecule has 1 N–H and O–H groups in total. The summed E-state index contributed by atoms with van der Waals surface area (Å²) in [5.41, 5.74) is 0.0503. The van der Waals surface area contributed by atoms with Gasteiger partial charge in [-0.2, -0.15) is 0 Å². The van der Waals surface area contributed by atoms with E-state index in [0.717, 1.165) is 12.8 Å². The topological polar surface area (TPSA) is 75.5 Å². The number of nitrogens with one attached hydrogen (secondary N) is 1. The van der Waals surface area contributed by atoms with Gasteiger partial charge in [-0.3, -0.25) is 14.9 Å². The van der Waals surface area contributed by atoms with Gasteiger partial charge in [0.1, 0.15) is 5.92 Å². The Hall–Kier alpha value is -1.17. The second kappa shape index (κ2) is 4.84. The van der Waals surface area contributed by atoms with Crippen LogP contribution < -0.4 is 5.32 Å². The molecular formula is C12H21N3O3. The summed E-state index contributed by atoms with van der Waals surface area (Å²) in [5, 5.41) is 13.4. The molecule has 2 rings (SSSR count). The normalized spacial score (nSPS) is 29.3. The second-order valence-corrected chi connectivity index (χ2v) is 5.74. The fourth-order valence-electron chi connectivity index (χ4n) is 2.89. The van der Waals surface area contributed by atoms with E-state index in [1.54, 1.807) is 0 Å². The lowest BCUT2D eigenvalue weighted by atomic mass is 9.96. The Morgan fingerprint density at radius 2 is 2.06 bits per heavy atom. The van der Waals surface area contributed by atoms with Crippen LogP contribution in [0.25, 0.3) is 0 Å². The van der Waals surface area contributed by atoms with Crippen LogP contribution in [0.2, 0.25) is 0 Å². The molecule has 0 spiro atoms. The van der Waals surface area contributed by atoms with Crippen molar-refractivity contribution in [2.75, 3.05) is 20.6 Å². The molecular weight excluding hydrogens is 234 g/mol. The molecule has 0 saturated heterocycles. The molecule has 2 saturated carbocycles. The Morgan fingerprint density at radius 3 is 2.50 bits per heavy atom. The van der Waals surface area contributed by atoms with Crippen molar-refractivity contribution in [2.45, 2.75) is 43.7 Å². The van der Waals surface area contributed by atoms with Gasteiger partial charge in [0.15, 0.2) is 0 Å². The molecule has 1 amide bonds. The Morgan fingerprint density at radius 1 is 1.44 bits per heavy atom. The molecule has 2 atom stereocenters. The van der Waals surface area contributed by atoms with Gasteiger partial charge in [0, 0.05) is 23.4 Å². The lowest BCUT2D eigenvalue weighted by Gasteiger charge is -2.36. The number of likely N-dealkylation sites (N-methyl/N-ethyl adjacent to an activating group) is 1. The SMILES string of the molecule is CN(C)C1(CNC(=O)[C@@H]2C[C@@H]2[N+](=O)[O-])CCCC1. The number of rotatable bonds is 5. The summed E-state index contributed by atoms with van der Waals surface area (Å²) in [6.07, 6.45) is 4.95. The van der Waals surface area contributed by atoms with Crippen molar-refractivity contribution in [3.8, 4) is 0 Å². The first-order chi connectivity index (χ1) is 8.46. The first-order valence-corrected chi connectivity index (χ1v) is 6.55. The smallest absolute Gasteiger partial charge is 0.230 e. The minimum Gasteiger partial charge on any atom is -0.354 e. The maximum atomic E-state index is 11.8. The molecule has 0 aliphatic heterocycles. The standard InChI is InChI=1S/C12H21N3O3/c1-14(2)12(5-3-4-6-12)8-13-11(16)9-7-10(9)15(17)18/h9-10H,3-8H2,1-2H3,(H,13,16)/t9-,10+/m1/s1. The predicted molar refractivity (Wildman–Crippen MR) is 66.8 cm³/mol. The average Bonchev–Trinajstić information content (AvgIpc) is 2.98. The van der Waals surface area contributed by atoms with Crippen LogP contribution in [-0.4, -0.2) is 48.0 Å². The third-order valence-electron chi connectivity index (χ3n) is 4.44. The van der Waals surface area contributed by atoms with Crippen molar-refractivity contribution in [1.29, 1.82) is 0 Å². The minimum atomic E-state index is -0.649. The fraction of sp³-hybridized carbons (Fsp3) is 0.917. The monoisotopic (exact) mass is 255 g/mol. The van der Waals surface area contributed by atoms with Crippen LogP contribution in [0.15, 0.2) is 0 Å². The van der Waals surface area contributed by atoms with E-state index < -0.39 is 12.0 Å². The Bertz CT molecular complexity index is 350. The van der Waals surface area contributed by atoms with Crippen LogP contribution in [0.4, 0.5) is 0 Å². The molecule has 0 unspecified atom stereocenters. The Labute approximate surface area is 107 Å². The molecule has 0 radical (unpaired) electrons. The van der Waals surface area contributed by atoms with Crippen LogP contribution in [0.5, 0.6) is 0 Å². The number of carbonyl (C=O) groups is 1. The first kappa shape index (κ1) is 13.3. The van der Waals surface area contributed by atoms with E-state index in [-0.39, 0.29) is 16.4 Å². The van der Waals surface area contributed by atoms with E-state index in [1.807, 2.05) is 14.1 Å². The molecule has 0 aromatic heterocycles. The van der Waals surface area contributed by atoms with Gasteiger partial charge in [-0.05, 0) is 26.9 Å². The van der Waals surface area contributed by atoms with Crippen molar-refractivity contribution >= 4 is 5.91 Å². The van der Waals surface area contributed by atoms with Crippen molar-refractivity contribution in [1.82, 2.24) is 10.2 Å². The van der Waals surface area contributed by atoms with Crippen LogP contribution in [0.3, 0.4) is 0 Å². The highest BCUT2D eigenvalue weighted by Gasteiger charge is 2.53. The lowest BCUT2D eigenvalue weighted by molar-refractivity contribution is -0.497. The van der Waals surface area contributed by atoms with E-state index in [4.69, 9.17) is 0 Å². The van der Waals surface area contributed by atoms with Gasteiger partial charge in [-0.15, -0.1) is 0 Å². The second-order valence-electron chi connectivity index (χ2n) is 5.74. The third-order valence-corrected chi connectivity index (χ3v) is 4.44. The van der Waals surface area contributed by atoms with E-state index in [2.05, 4.69) is 10.2 Å². The summed E-state index contributed by atoms with van der Waals surface area (Å²) in [5.74, 6) is -0.551. The molecule has 6 heteroatoms. The van der Waals surface area contributed by atoms with Crippen LogP contribution >= 0.6 is 0 Å².